The monoisotopic (exact) mass is 211 g/mol. The third-order valence-corrected chi connectivity index (χ3v) is 4.25. The molecule has 0 unspecified atom stereocenters. The van der Waals surface area contributed by atoms with Crippen LogP contribution in [0, 0.1) is 17.3 Å². The van der Waals surface area contributed by atoms with E-state index in [4.69, 9.17) is 0 Å². The van der Waals surface area contributed by atoms with Gasteiger partial charge < -0.3 is 4.90 Å². The molecular formula is C14H29N. The van der Waals surface area contributed by atoms with Crippen molar-refractivity contribution in [3.63, 3.8) is 0 Å². The van der Waals surface area contributed by atoms with E-state index in [1.54, 1.807) is 0 Å². The number of likely N-dealkylation sites (tertiary alicyclic amines) is 1. The average Bonchev–Trinajstić information content (AvgIpc) is 2.17. The predicted octanol–water partition coefficient (Wildman–Crippen LogP) is 3.79. The first-order valence-electron chi connectivity index (χ1n) is 6.67. The molecule has 0 bridgehead atoms. The molecule has 1 rings (SSSR count). The first-order chi connectivity index (χ1) is 6.95. The van der Waals surface area contributed by atoms with Gasteiger partial charge in [0.2, 0.25) is 0 Å². The molecule has 0 aliphatic carbocycles. The molecule has 1 heteroatoms. The third kappa shape index (κ3) is 3.79. The van der Waals surface area contributed by atoms with Gasteiger partial charge in [-0.2, -0.15) is 0 Å². The molecule has 0 amide bonds. The Bertz CT molecular complexity index is 172. The second-order valence-corrected chi connectivity index (χ2v) is 6.33. The summed E-state index contributed by atoms with van der Waals surface area (Å²) in [4.78, 5) is 2.63. The van der Waals surface area contributed by atoms with Crippen LogP contribution in [0.5, 0.6) is 0 Å². The van der Waals surface area contributed by atoms with Gasteiger partial charge in [0, 0.05) is 0 Å². The van der Waals surface area contributed by atoms with E-state index in [0.29, 0.717) is 5.41 Å². The Balaban J connectivity index is 2.37. The molecule has 0 radical (unpaired) electrons. The summed E-state index contributed by atoms with van der Waals surface area (Å²) < 4.78 is 0. The second-order valence-electron chi connectivity index (χ2n) is 6.33. The van der Waals surface area contributed by atoms with Crippen molar-refractivity contribution in [1.82, 2.24) is 4.90 Å². The lowest BCUT2D eigenvalue weighted by Gasteiger charge is -2.40. The number of hydrogen-bond acceptors (Lipinski definition) is 1. The Morgan fingerprint density at radius 3 is 2.13 bits per heavy atom. The third-order valence-electron chi connectivity index (χ3n) is 4.25. The minimum atomic E-state index is 0.484. The molecule has 0 N–H and O–H groups in total. The topological polar surface area (TPSA) is 3.24 Å². The fourth-order valence-corrected chi connectivity index (χ4v) is 2.70. The van der Waals surface area contributed by atoms with E-state index in [1.807, 2.05) is 0 Å². The van der Waals surface area contributed by atoms with Gasteiger partial charge in [-0.15, -0.1) is 0 Å². The zero-order chi connectivity index (χ0) is 11.5. The normalized spacial score (nSPS) is 23.0. The number of hydrogen-bond donors (Lipinski definition) is 0. The molecule has 0 aromatic heterocycles. The molecule has 1 heterocycles. The summed E-state index contributed by atoms with van der Waals surface area (Å²) in [6, 6.07) is 0. The van der Waals surface area contributed by atoms with Gasteiger partial charge >= 0.3 is 0 Å². The molecular weight excluding hydrogens is 182 g/mol. The molecule has 0 saturated carbocycles. The Morgan fingerprint density at radius 1 is 1.20 bits per heavy atom. The molecule has 0 aromatic carbocycles. The lowest BCUT2D eigenvalue weighted by atomic mass is 9.71. The van der Waals surface area contributed by atoms with E-state index < -0.39 is 0 Å². The molecule has 0 aromatic rings. The van der Waals surface area contributed by atoms with Gasteiger partial charge in [-0.05, 0) is 56.1 Å². The van der Waals surface area contributed by atoms with E-state index in [0.717, 1.165) is 11.8 Å². The van der Waals surface area contributed by atoms with Crippen molar-refractivity contribution in [3.05, 3.63) is 0 Å². The molecule has 1 aliphatic rings. The van der Waals surface area contributed by atoms with Gasteiger partial charge in [-0.3, -0.25) is 0 Å². The van der Waals surface area contributed by atoms with Gasteiger partial charge in [-0.25, -0.2) is 0 Å². The molecule has 0 spiro atoms. The summed E-state index contributed by atoms with van der Waals surface area (Å²) in [5.74, 6) is 1.82. The lowest BCUT2D eigenvalue weighted by Crippen LogP contribution is -2.38. The Kier molecular flexibility index (Phi) is 4.64. The van der Waals surface area contributed by atoms with Crippen molar-refractivity contribution in [3.8, 4) is 0 Å². The molecule has 1 nitrogen and oxygen atoms in total. The molecule has 1 atom stereocenters. The van der Waals surface area contributed by atoms with Crippen molar-refractivity contribution < 1.29 is 0 Å². The molecule has 90 valence electrons. The minimum Gasteiger partial charge on any atom is -0.303 e. The summed E-state index contributed by atoms with van der Waals surface area (Å²) in [7, 11) is 0. The maximum Gasteiger partial charge on any atom is -0.00160 e. The largest absolute Gasteiger partial charge is 0.303 e. The van der Waals surface area contributed by atoms with Crippen LogP contribution in [0.1, 0.15) is 53.9 Å². The molecule has 1 saturated heterocycles. The van der Waals surface area contributed by atoms with Crippen LogP contribution in [0.2, 0.25) is 0 Å². The van der Waals surface area contributed by atoms with Crippen molar-refractivity contribution in [2.75, 3.05) is 19.6 Å². The van der Waals surface area contributed by atoms with Crippen LogP contribution in [0.15, 0.2) is 0 Å². The van der Waals surface area contributed by atoms with Crippen molar-refractivity contribution >= 4 is 0 Å². The van der Waals surface area contributed by atoms with Gasteiger partial charge in [0.05, 0.1) is 0 Å². The van der Waals surface area contributed by atoms with E-state index in [1.165, 1.54) is 38.9 Å². The summed E-state index contributed by atoms with van der Waals surface area (Å²) >= 11 is 0. The summed E-state index contributed by atoms with van der Waals surface area (Å²) in [6.45, 7) is 15.8. The van der Waals surface area contributed by atoms with Crippen LogP contribution in [0.3, 0.4) is 0 Å². The predicted molar refractivity (Wildman–Crippen MR) is 68.1 cm³/mol. The highest BCUT2D eigenvalue weighted by Crippen LogP contribution is 2.36. The van der Waals surface area contributed by atoms with Crippen LogP contribution >= 0.6 is 0 Å². The van der Waals surface area contributed by atoms with Crippen LogP contribution in [0.4, 0.5) is 0 Å². The first kappa shape index (κ1) is 13.0. The first-order valence-corrected chi connectivity index (χ1v) is 6.67. The van der Waals surface area contributed by atoms with Gasteiger partial charge in [0.1, 0.15) is 0 Å². The maximum absolute atomic E-state index is 2.63. The van der Waals surface area contributed by atoms with E-state index in [-0.39, 0.29) is 0 Å². The van der Waals surface area contributed by atoms with Crippen LogP contribution in [-0.4, -0.2) is 24.5 Å². The molecule has 1 aliphatic heterocycles. The SMILES string of the molecule is CCCN1CCC([C@@H](C)C(C)(C)C)CC1. The Labute approximate surface area is 96.2 Å². The highest BCUT2D eigenvalue weighted by atomic mass is 15.1. The van der Waals surface area contributed by atoms with Crippen molar-refractivity contribution in [2.45, 2.75) is 53.9 Å². The fraction of sp³-hybridized carbons (Fsp3) is 1.00. The van der Waals surface area contributed by atoms with E-state index >= 15 is 0 Å². The van der Waals surface area contributed by atoms with Gasteiger partial charge in [-0.1, -0.05) is 34.6 Å². The fourth-order valence-electron chi connectivity index (χ4n) is 2.70. The molecule has 15 heavy (non-hydrogen) atoms. The van der Waals surface area contributed by atoms with Crippen molar-refractivity contribution in [1.29, 1.82) is 0 Å². The Hall–Kier alpha value is -0.0400. The van der Waals surface area contributed by atoms with E-state index in [2.05, 4.69) is 39.5 Å². The highest BCUT2D eigenvalue weighted by Gasteiger charge is 2.30. The zero-order valence-electron chi connectivity index (χ0n) is 11.3. The number of piperidine rings is 1. The minimum absolute atomic E-state index is 0.484. The van der Waals surface area contributed by atoms with Crippen LogP contribution < -0.4 is 0 Å². The maximum atomic E-state index is 2.63. The summed E-state index contributed by atoms with van der Waals surface area (Å²) in [5, 5.41) is 0. The summed E-state index contributed by atoms with van der Waals surface area (Å²) in [5.41, 5.74) is 0.484. The summed E-state index contributed by atoms with van der Waals surface area (Å²) in [6.07, 6.45) is 4.14. The number of nitrogens with zero attached hydrogens (tertiary/aromatic N) is 1. The van der Waals surface area contributed by atoms with Crippen LogP contribution in [-0.2, 0) is 0 Å². The van der Waals surface area contributed by atoms with Crippen LogP contribution in [0.25, 0.3) is 0 Å². The highest BCUT2D eigenvalue weighted by molar-refractivity contribution is 4.81. The van der Waals surface area contributed by atoms with Crippen molar-refractivity contribution in [2.24, 2.45) is 17.3 Å². The average molecular weight is 211 g/mol. The van der Waals surface area contributed by atoms with E-state index in [9.17, 15) is 0 Å². The number of rotatable bonds is 3. The second kappa shape index (κ2) is 5.34. The van der Waals surface area contributed by atoms with Gasteiger partial charge in [0.15, 0.2) is 0 Å². The lowest BCUT2D eigenvalue weighted by molar-refractivity contribution is 0.0976. The molecule has 1 fully saturated rings. The van der Waals surface area contributed by atoms with Gasteiger partial charge in [0.25, 0.3) is 0 Å². The zero-order valence-corrected chi connectivity index (χ0v) is 11.3. The Morgan fingerprint density at radius 2 is 1.73 bits per heavy atom. The smallest absolute Gasteiger partial charge is 0.00160 e. The quantitative estimate of drug-likeness (QED) is 0.686. The standard InChI is InChI=1S/C14H29N/c1-6-9-15-10-7-13(8-11-15)12(2)14(3,4)5/h12-13H,6-11H2,1-5H3/t12-/m1/s1.